The SMILES string of the molecule is O=C(NCC1CCCOC1)c1cccc[n+]1[O-]. The van der Waals surface area contributed by atoms with E-state index < -0.39 is 0 Å². The molecule has 1 atom stereocenters. The van der Waals surface area contributed by atoms with Gasteiger partial charge in [-0.05, 0) is 24.8 Å². The summed E-state index contributed by atoms with van der Waals surface area (Å²) in [6, 6.07) is 4.78. The molecule has 92 valence electrons. The van der Waals surface area contributed by atoms with Gasteiger partial charge in [0.2, 0.25) is 0 Å². The zero-order valence-corrected chi connectivity index (χ0v) is 9.59. The maximum absolute atomic E-state index is 11.7. The number of hydrogen-bond acceptors (Lipinski definition) is 3. The Morgan fingerprint density at radius 3 is 3.18 bits per heavy atom. The fourth-order valence-electron chi connectivity index (χ4n) is 1.90. The van der Waals surface area contributed by atoms with Gasteiger partial charge in [-0.25, -0.2) is 0 Å². The maximum Gasteiger partial charge on any atom is 0.317 e. The third-order valence-electron chi connectivity index (χ3n) is 2.86. The summed E-state index contributed by atoms with van der Waals surface area (Å²) in [7, 11) is 0. The molecular weight excluding hydrogens is 220 g/mol. The number of amides is 1. The van der Waals surface area contributed by atoms with E-state index in [1.165, 1.54) is 12.3 Å². The van der Waals surface area contributed by atoms with Crippen molar-refractivity contribution in [2.75, 3.05) is 19.8 Å². The molecule has 1 aromatic rings. The standard InChI is InChI=1S/C12H16N2O3/c15-12(11-5-1-2-6-14(11)16)13-8-10-4-3-7-17-9-10/h1-2,5-6,10H,3-4,7-9H2,(H,13,15). The second-order valence-corrected chi connectivity index (χ2v) is 4.20. The van der Waals surface area contributed by atoms with Crippen LogP contribution in [0, 0.1) is 11.1 Å². The Kier molecular flexibility index (Phi) is 3.93. The molecule has 1 aliphatic rings. The Labute approximate surface area is 100.0 Å². The maximum atomic E-state index is 11.7. The Hall–Kier alpha value is -1.62. The predicted octanol–water partition coefficient (Wildman–Crippen LogP) is 0.476. The summed E-state index contributed by atoms with van der Waals surface area (Å²) >= 11 is 0. The summed E-state index contributed by atoms with van der Waals surface area (Å²) in [4.78, 5) is 11.7. The molecule has 17 heavy (non-hydrogen) atoms. The van der Waals surface area contributed by atoms with E-state index in [0.717, 1.165) is 19.4 Å². The van der Waals surface area contributed by atoms with Gasteiger partial charge < -0.3 is 15.3 Å². The van der Waals surface area contributed by atoms with Crippen LogP contribution in [0.15, 0.2) is 24.4 Å². The van der Waals surface area contributed by atoms with E-state index in [1.807, 2.05) is 0 Å². The van der Waals surface area contributed by atoms with Crippen molar-refractivity contribution in [2.24, 2.45) is 5.92 Å². The van der Waals surface area contributed by atoms with Crippen molar-refractivity contribution in [2.45, 2.75) is 12.8 Å². The van der Waals surface area contributed by atoms with Crippen LogP contribution in [0.3, 0.4) is 0 Å². The second kappa shape index (κ2) is 5.63. The summed E-state index contributed by atoms with van der Waals surface area (Å²) in [5, 5.41) is 14.1. The molecule has 0 radical (unpaired) electrons. The molecular formula is C12H16N2O3. The molecule has 1 aliphatic heterocycles. The molecule has 1 amide bonds. The lowest BCUT2D eigenvalue weighted by molar-refractivity contribution is -0.607. The lowest BCUT2D eigenvalue weighted by Gasteiger charge is -2.21. The van der Waals surface area contributed by atoms with Crippen molar-refractivity contribution in [1.29, 1.82) is 0 Å². The lowest BCUT2D eigenvalue weighted by Crippen LogP contribution is -2.41. The number of rotatable bonds is 3. The van der Waals surface area contributed by atoms with Crippen molar-refractivity contribution in [3.05, 3.63) is 35.3 Å². The molecule has 0 bridgehead atoms. The molecule has 0 aromatic carbocycles. The first kappa shape index (κ1) is 11.9. The fraction of sp³-hybridized carbons (Fsp3) is 0.500. The van der Waals surface area contributed by atoms with Gasteiger partial charge in [0.05, 0.1) is 6.61 Å². The number of nitrogens with one attached hydrogen (secondary N) is 1. The van der Waals surface area contributed by atoms with E-state index in [2.05, 4.69) is 5.32 Å². The number of carbonyl (C=O) groups is 1. The molecule has 0 saturated carbocycles. The first-order valence-electron chi connectivity index (χ1n) is 5.81. The van der Waals surface area contributed by atoms with E-state index >= 15 is 0 Å². The van der Waals surface area contributed by atoms with Gasteiger partial charge in [-0.1, -0.05) is 0 Å². The Morgan fingerprint density at radius 1 is 1.59 bits per heavy atom. The van der Waals surface area contributed by atoms with Crippen molar-refractivity contribution in [3.63, 3.8) is 0 Å². The number of ether oxygens (including phenoxy) is 1. The molecule has 0 aliphatic carbocycles. The Balaban J connectivity index is 1.87. The van der Waals surface area contributed by atoms with E-state index in [9.17, 15) is 10.0 Å². The van der Waals surface area contributed by atoms with E-state index in [-0.39, 0.29) is 11.6 Å². The summed E-state index contributed by atoms with van der Waals surface area (Å²) in [6.07, 6.45) is 3.42. The number of pyridine rings is 1. The Bertz CT molecular complexity index is 389. The van der Waals surface area contributed by atoms with E-state index in [1.54, 1.807) is 12.1 Å². The van der Waals surface area contributed by atoms with Crippen LogP contribution in [-0.4, -0.2) is 25.7 Å². The minimum Gasteiger partial charge on any atom is -0.618 e. The zero-order valence-electron chi connectivity index (χ0n) is 9.59. The van der Waals surface area contributed by atoms with Crippen LogP contribution in [-0.2, 0) is 4.74 Å². The van der Waals surface area contributed by atoms with E-state index in [4.69, 9.17) is 4.74 Å². The average Bonchev–Trinajstić information content (AvgIpc) is 2.38. The summed E-state index contributed by atoms with van der Waals surface area (Å²) in [5.74, 6) is 0.0303. The van der Waals surface area contributed by atoms with Crippen LogP contribution < -0.4 is 10.0 Å². The van der Waals surface area contributed by atoms with Crippen molar-refractivity contribution in [3.8, 4) is 0 Å². The highest BCUT2D eigenvalue weighted by Crippen LogP contribution is 2.12. The number of hydrogen-bond donors (Lipinski definition) is 1. The van der Waals surface area contributed by atoms with Gasteiger partial charge in [-0.2, -0.15) is 4.73 Å². The van der Waals surface area contributed by atoms with Crippen LogP contribution in [0.2, 0.25) is 0 Å². The molecule has 1 aromatic heterocycles. The average molecular weight is 236 g/mol. The molecule has 1 saturated heterocycles. The third-order valence-corrected chi connectivity index (χ3v) is 2.86. The topological polar surface area (TPSA) is 65.3 Å². The highest BCUT2D eigenvalue weighted by Gasteiger charge is 2.18. The van der Waals surface area contributed by atoms with Crippen molar-refractivity contribution in [1.82, 2.24) is 5.32 Å². The number of carbonyl (C=O) groups excluding carboxylic acids is 1. The monoisotopic (exact) mass is 236 g/mol. The largest absolute Gasteiger partial charge is 0.618 e. The van der Waals surface area contributed by atoms with Crippen molar-refractivity contribution < 1.29 is 14.3 Å². The number of nitrogens with zero attached hydrogens (tertiary/aromatic N) is 1. The van der Waals surface area contributed by atoms with Crippen LogP contribution in [0.25, 0.3) is 0 Å². The van der Waals surface area contributed by atoms with Crippen LogP contribution in [0.5, 0.6) is 0 Å². The van der Waals surface area contributed by atoms with Crippen molar-refractivity contribution >= 4 is 5.91 Å². The van der Waals surface area contributed by atoms with Crippen LogP contribution in [0.4, 0.5) is 0 Å². The first-order valence-corrected chi connectivity index (χ1v) is 5.81. The molecule has 1 unspecified atom stereocenters. The van der Waals surface area contributed by atoms with Gasteiger partial charge in [0.15, 0.2) is 6.20 Å². The number of aromatic nitrogens is 1. The quantitative estimate of drug-likeness (QED) is 0.613. The summed E-state index contributed by atoms with van der Waals surface area (Å²) < 4.78 is 5.90. The van der Waals surface area contributed by atoms with Gasteiger partial charge in [-0.3, -0.25) is 4.79 Å². The summed E-state index contributed by atoms with van der Waals surface area (Å²) in [5.41, 5.74) is 0.129. The first-order chi connectivity index (χ1) is 8.27. The Morgan fingerprint density at radius 2 is 2.47 bits per heavy atom. The van der Waals surface area contributed by atoms with Crippen LogP contribution in [0.1, 0.15) is 23.3 Å². The smallest absolute Gasteiger partial charge is 0.317 e. The van der Waals surface area contributed by atoms with Gasteiger partial charge in [0.1, 0.15) is 0 Å². The molecule has 1 N–H and O–H groups in total. The normalized spacial score (nSPS) is 19.9. The lowest BCUT2D eigenvalue weighted by atomic mass is 10.0. The molecule has 5 nitrogen and oxygen atoms in total. The van der Waals surface area contributed by atoms with Crippen LogP contribution >= 0.6 is 0 Å². The molecule has 1 fully saturated rings. The zero-order chi connectivity index (χ0) is 12.1. The molecule has 2 heterocycles. The third kappa shape index (κ3) is 3.17. The van der Waals surface area contributed by atoms with Gasteiger partial charge in [-0.15, -0.1) is 0 Å². The molecule has 5 heteroatoms. The predicted molar refractivity (Wildman–Crippen MR) is 61.3 cm³/mol. The summed E-state index contributed by atoms with van der Waals surface area (Å²) in [6.45, 7) is 2.06. The van der Waals surface area contributed by atoms with Gasteiger partial charge in [0, 0.05) is 25.3 Å². The minimum atomic E-state index is -0.328. The minimum absolute atomic E-state index is 0.129. The second-order valence-electron chi connectivity index (χ2n) is 4.20. The van der Waals surface area contributed by atoms with Gasteiger partial charge >= 0.3 is 5.91 Å². The highest BCUT2D eigenvalue weighted by molar-refractivity contribution is 5.90. The fourth-order valence-corrected chi connectivity index (χ4v) is 1.90. The van der Waals surface area contributed by atoms with E-state index in [0.29, 0.717) is 23.8 Å². The molecule has 0 spiro atoms. The molecule has 2 rings (SSSR count). The highest BCUT2D eigenvalue weighted by atomic mass is 16.5. The van der Waals surface area contributed by atoms with Gasteiger partial charge in [0.25, 0.3) is 5.69 Å².